The van der Waals surface area contributed by atoms with Crippen molar-refractivity contribution >= 4 is 33.9 Å². The van der Waals surface area contributed by atoms with Gasteiger partial charge in [-0.15, -0.1) is 0 Å². The van der Waals surface area contributed by atoms with Crippen LogP contribution in [0.4, 0.5) is 0 Å². The van der Waals surface area contributed by atoms with Crippen LogP contribution in [0, 0.1) is 0 Å². The van der Waals surface area contributed by atoms with Crippen LogP contribution >= 0.6 is 0 Å². The van der Waals surface area contributed by atoms with Crippen molar-refractivity contribution in [3.05, 3.63) is 82.5 Å². The Hall–Kier alpha value is -4.13. The highest BCUT2D eigenvalue weighted by atomic mass is 16.5. The third-order valence-electron chi connectivity index (χ3n) is 5.01. The minimum absolute atomic E-state index is 0.0123. The van der Waals surface area contributed by atoms with Crippen LogP contribution < -0.4 is 20.3 Å². The molecule has 1 N–H and O–H groups in total. The van der Waals surface area contributed by atoms with Crippen LogP contribution in [0.1, 0.15) is 5.56 Å². The van der Waals surface area contributed by atoms with E-state index in [0.717, 1.165) is 0 Å². The highest BCUT2D eigenvalue weighted by molar-refractivity contribution is 5.95. The molecule has 0 aliphatic carbocycles. The van der Waals surface area contributed by atoms with Gasteiger partial charge in [0.05, 0.1) is 31.5 Å². The van der Waals surface area contributed by atoms with Crippen molar-refractivity contribution in [2.45, 2.75) is 6.54 Å². The van der Waals surface area contributed by atoms with Gasteiger partial charge in [-0.05, 0) is 36.4 Å². The Morgan fingerprint density at radius 3 is 2.23 bits per heavy atom. The molecule has 7 heteroatoms. The summed E-state index contributed by atoms with van der Waals surface area (Å²) in [5.74, 6) is 0.924. The fourth-order valence-corrected chi connectivity index (χ4v) is 3.53. The minimum Gasteiger partial charge on any atom is -0.497 e. The van der Waals surface area contributed by atoms with E-state index in [0.29, 0.717) is 38.9 Å². The number of methoxy groups -OCH3 is 2. The molecule has 4 rings (SSSR count). The standard InChI is InChI=1S/C24H21N3O4/c1-30-17-12-11-16(22(13-17)31-2)14-25-26-23(28)15-27-20-9-5-3-7-18(20)24(29)19-8-4-6-10-21(19)27/h3-14H,15H2,1-2H3,(H,26,28)/b25-14-. The highest BCUT2D eigenvalue weighted by Crippen LogP contribution is 2.23. The molecule has 7 nitrogen and oxygen atoms in total. The van der Waals surface area contributed by atoms with Gasteiger partial charge in [-0.1, -0.05) is 24.3 Å². The number of pyridine rings is 1. The highest BCUT2D eigenvalue weighted by Gasteiger charge is 2.12. The van der Waals surface area contributed by atoms with Crippen LogP contribution in [-0.4, -0.2) is 30.9 Å². The average molecular weight is 415 g/mol. The van der Waals surface area contributed by atoms with E-state index in [9.17, 15) is 9.59 Å². The second-order valence-electron chi connectivity index (χ2n) is 6.85. The van der Waals surface area contributed by atoms with E-state index in [-0.39, 0.29) is 17.9 Å². The second kappa shape index (κ2) is 8.71. The van der Waals surface area contributed by atoms with E-state index in [1.807, 2.05) is 41.0 Å². The quantitative estimate of drug-likeness (QED) is 0.298. The zero-order valence-electron chi connectivity index (χ0n) is 17.2. The molecule has 0 saturated carbocycles. The first kappa shape index (κ1) is 20.2. The number of fused-ring (bicyclic) bond motifs is 2. The summed E-state index contributed by atoms with van der Waals surface area (Å²) in [7, 11) is 3.13. The molecule has 3 aromatic carbocycles. The average Bonchev–Trinajstić information content (AvgIpc) is 2.82. The van der Waals surface area contributed by atoms with Crippen molar-refractivity contribution in [2.24, 2.45) is 5.10 Å². The number of carbonyl (C=O) groups excluding carboxylic acids is 1. The molecule has 4 aromatic rings. The van der Waals surface area contributed by atoms with E-state index < -0.39 is 0 Å². The van der Waals surface area contributed by atoms with Crippen molar-refractivity contribution in [3.63, 3.8) is 0 Å². The molecule has 0 aliphatic heterocycles. The fourth-order valence-electron chi connectivity index (χ4n) is 3.53. The lowest BCUT2D eigenvalue weighted by Gasteiger charge is -2.14. The van der Waals surface area contributed by atoms with Gasteiger partial charge in [0.15, 0.2) is 5.43 Å². The molecule has 0 bridgehead atoms. The first-order valence-corrected chi connectivity index (χ1v) is 9.66. The maximum atomic E-state index is 12.8. The number of hydrogen-bond donors (Lipinski definition) is 1. The zero-order chi connectivity index (χ0) is 21.8. The van der Waals surface area contributed by atoms with Gasteiger partial charge < -0.3 is 14.0 Å². The number of carbonyl (C=O) groups is 1. The van der Waals surface area contributed by atoms with Gasteiger partial charge >= 0.3 is 0 Å². The summed E-state index contributed by atoms with van der Waals surface area (Å²) in [4.78, 5) is 25.5. The van der Waals surface area contributed by atoms with Crippen molar-refractivity contribution in [3.8, 4) is 11.5 Å². The Bertz CT molecular complexity index is 1300. The van der Waals surface area contributed by atoms with E-state index in [4.69, 9.17) is 9.47 Å². The van der Waals surface area contributed by atoms with E-state index in [1.54, 1.807) is 44.6 Å². The number of hydrogen-bond acceptors (Lipinski definition) is 5. The molecular formula is C24H21N3O4. The molecule has 1 heterocycles. The lowest BCUT2D eigenvalue weighted by molar-refractivity contribution is -0.121. The summed E-state index contributed by atoms with van der Waals surface area (Å²) >= 11 is 0. The molecular weight excluding hydrogens is 394 g/mol. The number of para-hydroxylation sites is 2. The Labute approximate surface area is 178 Å². The Morgan fingerprint density at radius 2 is 1.61 bits per heavy atom. The molecule has 0 aliphatic rings. The molecule has 0 saturated heterocycles. The predicted molar refractivity (Wildman–Crippen MR) is 121 cm³/mol. The van der Waals surface area contributed by atoms with Crippen LogP contribution in [-0.2, 0) is 11.3 Å². The first-order chi connectivity index (χ1) is 15.1. The normalized spacial score (nSPS) is 11.2. The van der Waals surface area contributed by atoms with E-state index in [2.05, 4.69) is 10.5 Å². The van der Waals surface area contributed by atoms with Gasteiger partial charge in [-0.2, -0.15) is 5.10 Å². The number of aromatic nitrogens is 1. The Morgan fingerprint density at radius 1 is 0.968 bits per heavy atom. The van der Waals surface area contributed by atoms with Crippen LogP contribution in [0.2, 0.25) is 0 Å². The number of amides is 1. The maximum absolute atomic E-state index is 12.8. The van der Waals surface area contributed by atoms with E-state index in [1.165, 1.54) is 6.21 Å². The third kappa shape index (κ3) is 3.98. The number of ether oxygens (including phenoxy) is 2. The minimum atomic E-state index is -0.317. The van der Waals surface area contributed by atoms with Crippen molar-refractivity contribution in [2.75, 3.05) is 14.2 Å². The number of hydrazone groups is 1. The molecule has 1 aromatic heterocycles. The van der Waals surface area contributed by atoms with Crippen molar-refractivity contribution < 1.29 is 14.3 Å². The SMILES string of the molecule is COc1ccc(/C=N\NC(=O)Cn2c3ccccc3c(=O)c3ccccc32)c(OC)c1. The summed E-state index contributed by atoms with van der Waals surface area (Å²) in [6.45, 7) is 0.0123. The smallest absolute Gasteiger partial charge is 0.260 e. The lowest BCUT2D eigenvalue weighted by atomic mass is 10.1. The second-order valence-corrected chi connectivity index (χ2v) is 6.85. The molecule has 1 amide bonds. The van der Waals surface area contributed by atoms with Gasteiger partial charge in [0, 0.05) is 22.4 Å². The summed E-state index contributed by atoms with van der Waals surface area (Å²) in [6, 6.07) is 19.8. The molecule has 0 spiro atoms. The first-order valence-electron chi connectivity index (χ1n) is 9.66. The number of benzene rings is 3. The van der Waals surface area contributed by atoms with E-state index >= 15 is 0 Å². The van der Waals surface area contributed by atoms with Gasteiger partial charge in [-0.25, -0.2) is 5.43 Å². The molecule has 31 heavy (non-hydrogen) atoms. The van der Waals surface area contributed by atoms with Crippen molar-refractivity contribution in [1.29, 1.82) is 0 Å². The largest absolute Gasteiger partial charge is 0.497 e. The molecule has 0 fully saturated rings. The van der Waals surface area contributed by atoms with Crippen LogP contribution in [0.5, 0.6) is 11.5 Å². The predicted octanol–water partition coefficient (Wildman–Crippen LogP) is 3.32. The van der Waals surface area contributed by atoms with Crippen LogP contribution in [0.25, 0.3) is 21.8 Å². The Balaban J connectivity index is 1.61. The van der Waals surface area contributed by atoms with Gasteiger partial charge in [0.1, 0.15) is 18.0 Å². The van der Waals surface area contributed by atoms with Crippen LogP contribution in [0.3, 0.4) is 0 Å². The van der Waals surface area contributed by atoms with Gasteiger partial charge in [0.2, 0.25) is 0 Å². The monoisotopic (exact) mass is 415 g/mol. The molecule has 156 valence electrons. The lowest BCUT2D eigenvalue weighted by Crippen LogP contribution is -2.25. The topological polar surface area (TPSA) is 81.9 Å². The summed E-state index contributed by atoms with van der Waals surface area (Å²) in [5.41, 5.74) is 4.59. The molecule has 0 unspecified atom stereocenters. The van der Waals surface area contributed by atoms with Gasteiger partial charge in [0.25, 0.3) is 5.91 Å². The van der Waals surface area contributed by atoms with Crippen LogP contribution in [0.15, 0.2) is 76.6 Å². The molecule has 0 radical (unpaired) electrons. The zero-order valence-corrected chi connectivity index (χ0v) is 17.2. The summed E-state index contributed by atoms with van der Waals surface area (Å²) in [5, 5.41) is 5.20. The number of nitrogens with one attached hydrogen (secondary N) is 1. The van der Waals surface area contributed by atoms with Crippen molar-refractivity contribution in [1.82, 2.24) is 9.99 Å². The van der Waals surface area contributed by atoms with Gasteiger partial charge in [-0.3, -0.25) is 9.59 Å². The Kier molecular flexibility index (Phi) is 5.66. The summed E-state index contributed by atoms with van der Waals surface area (Å²) < 4.78 is 12.3. The number of rotatable bonds is 6. The number of nitrogens with zero attached hydrogens (tertiary/aromatic N) is 2. The third-order valence-corrected chi connectivity index (χ3v) is 5.01. The fraction of sp³-hybridized carbons (Fsp3) is 0.125. The summed E-state index contributed by atoms with van der Waals surface area (Å²) in [6.07, 6.45) is 1.51. The maximum Gasteiger partial charge on any atom is 0.260 e. The molecule has 0 atom stereocenters.